The van der Waals surface area contributed by atoms with Gasteiger partial charge < -0.3 is 25.2 Å². The average Bonchev–Trinajstić information content (AvgIpc) is 3.14. The lowest BCUT2D eigenvalue weighted by Crippen LogP contribution is -2.60. The van der Waals surface area contributed by atoms with E-state index in [2.05, 4.69) is 4.98 Å². The van der Waals surface area contributed by atoms with Crippen LogP contribution in [0.3, 0.4) is 0 Å². The number of β-lactam (4-membered cyclic amide) rings is 1. The smallest absolute Gasteiger partial charge is 0.404 e. The molecular formula is C29H25N3O9S. The predicted octanol–water partition coefficient (Wildman–Crippen LogP) is 2.32. The van der Waals surface area contributed by atoms with Gasteiger partial charge in [-0.1, -0.05) is 60.7 Å². The highest BCUT2D eigenvalue weighted by Gasteiger charge is 2.73. The molecule has 0 aliphatic carbocycles. The Morgan fingerprint density at radius 2 is 1.67 bits per heavy atom. The normalized spacial score (nSPS) is 23.2. The number of ether oxygens (including phenoxy) is 2. The van der Waals surface area contributed by atoms with Crippen molar-refractivity contribution >= 4 is 39.9 Å². The molecule has 0 saturated carbocycles. The van der Waals surface area contributed by atoms with Crippen LogP contribution in [0.1, 0.15) is 40.2 Å². The zero-order valence-corrected chi connectivity index (χ0v) is 22.9. The monoisotopic (exact) mass is 591 g/mol. The van der Waals surface area contributed by atoms with E-state index in [1.807, 2.05) is 0 Å². The van der Waals surface area contributed by atoms with E-state index in [-0.39, 0.29) is 16.8 Å². The molecule has 0 spiro atoms. The van der Waals surface area contributed by atoms with Gasteiger partial charge in [-0.25, -0.2) is 22.8 Å². The molecule has 0 unspecified atom stereocenters. The Morgan fingerprint density at radius 1 is 1.07 bits per heavy atom. The molecule has 5 rings (SSSR count). The van der Waals surface area contributed by atoms with E-state index >= 15 is 0 Å². The number of carbonyl (C=O) groups excluding carboxylic acids is 3. The van der Waals surface area contributed by atoms with Gasteiger partial charge in [-0.3, -0.25) is 9.78 Å². The minimum absolute atomic E-state index is 0.0300. The molecule has 2 aliphatic rings. The number of nitrogens with zero attached hydrogens (tertiary/aromatic N) is 2. The molecule has 3 atom stereocenters. The summed E-state index contributed by atoms with van der Waals surface area (Å²) in [4.78, 5) is 55.1. The summed E-state index contributed by atoms with van der Waals surface area (Å²) in [6.45, 7) is 0.357. The maximum absolute atomic E-state index is 14.0. The number of amides is 2. The van der Waals surface area contributed by atoms with Crippen molar-refractivity contribution in [3.63, 3.8) is 0 Å². The number of esters is 1. The van der Waals surface area contributed by atoms with Crippen LogP contribution < -0.4 is 5.73 Å². The van der Waals surface area contributed by atoms with E-state index in [9.17, 15) is 32.7 Å². The Bertz CT molecular complexity index is 1670. The van der Waals surface area contributed by atoms with Crippen LogP contribution in [0.15, 0.2) is 84.6 Å². The number of nitrogens with two attached hydrogens (primary N) is 1. The highest BCUT2D eigenvalue weighted by atomic mass is 32.2. The fourth-order valence-electron chi connectivity index (χ4n) is 5.17. The first-order valence-corrected chi connectivity index (χ1v) is 14.2. The molecule has 2 saturated heterocycles. The number of fused-ring (bicyclic) bond motifs is 1. The zero-order valence-electron chi connectivity index (χ0n) is 22.1. The molecule has 13 heteroatoms. The molecule has 0 bridgehead atoms. The molecule has 42 heavy (non-hydrogen) atoms. The second-order valence-electron chi connectivity index (χ2n) is 9.95. The van der Waals surface area contributed by atoms with Gasteiger partial charge in [-0.2, -0.15) is 0 Å². The van der Waals surface area contributed by atoms with Gasteiger partial charge in [0.1, 0.15) is 11.4 Å². The van der Waals surface area contributed by atoms with Crippen LogP contribution in [-0.4, -0.2) is 70.1 Å². The largest absolute Gasteiger partial charge is 0.478 e. The minimum Gasteiger partial charge on any atom is -0.478 e. The third kappa shape index (κ3) is 4.77. The number of pyridine rings is 1. The van der Waals surface area contributed by atoms with Crippen molar-refractivity contribution in [3.8, 4) is 0 Å². The number of hydrogen-bond acceptors (Lipinski definition) is 9. The van der Waals surface area contributed by atoms with E-state index < -0.39 is 62.6 Å². The Kier molecular flexibility index (Phi) is 7.29. The number of rotatable bonds is 8. The number of aromatic carboxylic acids is 1. The molecule has 2 fully saturated rings. The molecular weight excluding hydrogens is 566 g/mol. The predicted molar refractivity (Wildman–Crippen MR) is 147 cm³/mol. The van der Waals surface area contributed by atoms with Crippen molar-refractivity contribution in [1.82, 2.24) is 9.88 Å². The summed E-state index contributed by atoms with van der Waals surface area (Å²) in [5.74, 6) is -3.07. The first-order chi connectivity index (χ1) is 20.0. The first-order valence-electron chi connectivity index (χ1n) is 12.7. The lowest BCUT2D eigenvalue weighted by atomic mass is 9.93. The van der Waals surface area contributed by atoms with E-state index in [0.29, 0.717) is 11.1 Å². The summed E-state index contributed by atoms with van der Waals surface area (Å²) >= 11 is 0. The Balaban J connectivity index is 1.56. The number of carboxylic acid groups (broad SMARTS) is 1. The van der Waals surface area contributed by atoms with E-state index in [1.54, 1.807) is 60.7 Å². The lowest BCUT2D eigenvalue weighted by Gasteiger charge is -2.39. The molecule has 2 aromatic carbocycles. The molecule has 2 aliphatic heterocycles. The first kappa shape index (κ1) is 28.5. The summed E-state index contributed by atoms with van der Waals surface area (Å²) < 4.78 is 36.6. The number of primary amides is 1. The van der Waals surface area contributed by atoms with E-state index in [4.69, 9.17) is 15.2 Å². The summed E-state index contributed by atoms with van der Waals surface area (Å²) in [5, 5.41) is 7.68. The summed E-state index contributed by atoms with van der Waals surface area (Å²) in [6.07, 6.45) is 0.152. The molecule has 1 aromatic heterocycles. The van der Waals surface area contributed by atoms with Gasteiger partial charge in [0.15, 0.2) is 27.4 Å². The van der Waals surface area contributed by atoms with E-state index in [1.165, 1.54) is 25.3 Å². The Morgan fingerprint density at radius 3 is 2.21 bits per heavy atom. The molecule has 3 aromatic rings. The number of benzene rings is 2. The van der Waals surface area contributed by atoms with Crippen molar-refractivity contribution in [1.29, 1.82) is 0 Å². The van der Waals surface area contributed by atoms with Crippen molar-refractivity contribution in [2.24, 2.45) is 5.73 Å². The van der Waals surface area contributed by atoms with Crippen molar-refractivity contribution in [2.45, 2.75) is 29.2 Å². The van der Waals surface area contributed by atoms with Gasteiger partial charge in [-0.15, -0.1) is 0 Å². The number of aromatic nitrogens is 1. The Hall–Kier alpha value is -5.04. The second kappa shape index (κ2) is 10.7. The molecule has 216 valence electrons. The molecule has 2 amide bonds. The van der Waals surface area contributed by atoms with Crippen LogP contribution >= 0.6 is 0 Å². The van der Waals surface area contributed by atoms with E-state index in [0.717, 1.165) is 11.0 Å². The zero-order chi connectivity index (χ0) is 30.2. The summed E-state index contributed by atoms with van der Waals surface area (Å²) in [7, 11) is -4.45. The van der Waals surface area contributed by atoms with Crippen LogP contribution in [-0.2, 0) is 28.9 Å². The topological polar surface area (TPSA) is 183 Å². The lowest BCUT2D eigenvalue weighted by molar-refractivity contribution is -0.161. The number of sulfone groups is 1. The van der Waals surface area contributed by atoms with Gasteiger partial charge in [0.05, 0.1) is 16.8 Å². The van der Waals surface area contributed by atoms with Crippen molar-refractivity contribution in [2.75, 3.05) is 6.61 Å². The van der Waals surface area contributed by atoms with Crippen LogP contribution in [0.5, 0.6) is 0 Å². The van der Waals surface area contributed by atoms with Gasteiger partial charge in [0.25, 0.3) is 5.91 Å². The standard InChI is InChI=1S/C29H25N3O9S/c1-29(16-40-28(30)37)23(27(36)41-22(17-8-4-2-5-9-17)18-10-6-3-7-11-18)32-24(33)21(25(32)42(29,38)39)15-20-14-19(26(34)35)12-13-31-20/h2-15,22-23,25H,16H2,1H3,(H2,30,37)(H,34,35)/b21-15-/t23-,25+,29-/m0/s1. The van der Waals surface area contributed by atoms with Gasteiger partial charge >= 0.3 is 18.0 Å². The summed E-state index contributed by atoms with van der Waals surface area (Å²) in [6, 6.07) is 18.3. The maximum atomic E-state index is 14.0. The van der Waals surface area contributed by atoms with Crippen LogP contribution in [0.25, 0.3) is 6.08 Å². The highest BCUT2D eigenvalue weighted by Crippen LogP contribution is 2.50. The van der Waals surface area contributed by atoms with Crippen molar-refractivity contribution in [3.05, 3.63) is 107 Å². The number of carbonyl (C=O) groups is 4. The molecule has 3 N–H and O–H groups in total. The highest BCUT2D eigenvalue weighted by molar-refractivity contribution is 7.94. The van der Waals surface area contributed by atoms with Crippen LogP contribution in [0.4, 0.5) is 4.79 Å². The molecule has 0 radical (unpaired) electrons. The number of hydrogen-bond donors (Lipinski definition) is 2. The fourth-order valence-corrected chi connectivity index (χ4v) is 7.45. The van der Waals surface area contributed by atoms with Crippen molar-refractivity contribution < 1.29 is 42.2 Å². The second-order valence-corrected chi connectivity index (χ2v) is 12.4. The Labute approximate surface area is 240 Å². The van der Waals surface area contributed by atoms with Gasteiger partial charge in [0.2, 0.25) is 0 Å². The average molecular weight is 592 g/mol. The SMILES string of the molecule is C[C@]1(COC(N)=O)[C@H](C(=O)OC(c2ccccc2)c2ccccc2)N2C(=O)/C(=C/c3cc(C(=O)O)ccn3)[C@H]2S1(=O)=O. The minimum atomic E-state index is -4.45. The quantitative estimate of drug-likeness (QED) is 0.224. The number of carboxylic acids is 1. The molecule has 3 heterocycles. The third-order valence-electron chi connectivity index (χ3n) is 7.29. The van der Waals surface area contributed by atoms with Crippen LogP contribution in [0.2, 0.25) is 0 Å². The van der Waals surface area contributed by atoms with Gasteiger partial charge in [0, 0.05) is 6.20 Å². The summed E-state index contributed by atoms with van der Waals surface area (Å²) in [5.41, 5.74) is 6.02. The maximum Gasteiger partial charge on any atom is 0.404 e. The fraction of sp³-hybridized carbons (Fsp3) is 0.207. The van der Waals surface area contributed by atoms with Gasteiger partial charge in [-0.05, 0) is 36.3 Å². The third-order valence-corrected chi connectivity index (χ3v) is 10.0. The molecule has 12 nitrogen and oxygen atoms in total. The van der Waals surface area contributed by atoms with Crippen LogP contribution in [0, 0.1) is 0 Å².